The number of ether oxygens (including phenoxy) is 2. The first-order valence-electron chi connectivity index (χ1n) is 8.71. The zero-order valence-electron chi connectivity index (χ0n) is 14.9. The number of nitrogens with one attached hydrogen (secondary N) is 1. The summed E-state index contributed by atoms with van der Waals surface area (Å²) in [6, 6.07) is 14.2. The molecule has 1 aliphatic heterocycles. The van der Waals surface area contributed by atoms with E-state index >= 15 is 0 Å². The summed E-state index contributed by atoms with van der Waals surface area (Å²) >= 11 is 0. The number of benzene rings is 2. The molecule has 2 aromatic rings. The minimum absolute atomic E-state index is 0.114. The van der Waals surface area contributed by atoms with Crippen molar-refractivity contribution in [1.29, 1.82) is 0 Å². The highest BCUT2D eigenvalue weighted by atomic mass is 16.6. The summed E-state index contributed by atoms with van der Waals surface area (Å²) < 4.78 is 11.3. The molecule has 1 heterocycles. The molecule has 1 N–H and O–H groups in total. The maximum atomic E-state index is 12.7. The standard InChI is InChI=1S/C20H22N2O4/c1-3-22(4-2)20(24)14-9-5-6-10-15(14)21-19(23)18-13-25-16-11-7-8-12-17(16)26-18/h5-12,18H,3-4,13H2,1-2H3,(H,21,23)/t18-/m0/s1. The topological polar surface area (TPSA) is 67.9 Å². The van der Waals surface area contributed by atoms with Gasteiger partial charge in [-0.15, -0.1) is 0 Å². The van der Waals surface area contributed by atoms with Crippen LogP contribution in [0, 0.1) is 0 Å². The molecular formula is C20H22N2O4. The van der Waals surface area contributed by atoms with Crippen LogP contribution in [0.4, 0.5) is 5.69 Å². The van der Waals surface area contributed by atoms with Crippen molar-refractivity contribution in [3.63, 3.8) is 0 Å². The molecule has 0 saturated carbocycles. The van der Waals surface area contributed by atoms with Crippen LogP contribution >= 0.6 is 0 Å². The Balaban J connectivity index is 1.75. The van der Waals surface area contributed by atoms with E-state index in [1.165, 1.54) is 0 Å². The van der Waals surface area contributed by atoms with Crippen molar-refractivity contribution in [2.75, 3.05) is 25.0 Å². The monoisotopic (exact) mass is 354 g/mol. The van der Waals surface area contributed by atoms with Gasteiger partial charge in [0.15, 0.2) is 11.5 Å². The van der Waals surface area contributed by atoms with E-state index in [1.54, 1.807) is 41.3 Å². The van der Waals surface area contributed by atoms with E-state index in [1.807, 2.05) is 26.0 Å². The summed E-state index contributed by atoms with van der Waals surface area (Å²) in [5.41, 5.74) is 0.929. The third kappa shape index (κ3) is 3.64. The van der Waals surface area contributed by atoms with Crippen LogP contribution in [0.2, 0.25) is 0 Å². The first kappa shape index (κ1) is 17.8. The minimum atomic E-state index is -0.776. The highest BCUT2D eigenvalue weighted by Crippen LogP contribution is 2.31. The van der Waals surface area contributed by atoms with Crippen LogP contribution in [0.3, 0.4) is 0 Å². The van der Waals surface area contributed by atoms with Gasteiger partial charge in [0.2, 0.25) is 6.10 Å². The number of hydrogen-bond acceptors (Lipinski definition) is 4. The van der Waals surface area contributed by atoms with Crippen molar-refractivity contribution >= 4 is 17.5 Å². The lowest BCUT2D eigenvalue weighted by Crippen LogP contribution is -2.40. The molecule has 0 fully saturated rings. The molecule has 136 valence electrons. The Morgan fingerprint density at radius 3 is 2.42 bits per heavy atom. The normalized spacial score (nSPS) is 15.2. The van der Waals surface area contributed by atoms with Crippen LogP contribution in [0.15, 0.2) is 48.5 Å². The summed E-state index contributed by atoms with van der Waals surface area (Å²) in [4.78, 5) is 27.0. The Labute approximate surface area is 152 Å². The fourth-order valence-corrected chi connectivity index (χ4v) is 2.82. The number of fused-ring (bicyclic) bond motifs is 1. The van der Waals surface area contributed by atoms with Crippen LogP contribution in [-0.2, 0) is 4.79 Å². The second kappa shape index (κ2) is 7.91. The fourth-order valence-electron chi connectivity index (χ4n) is 2.82. The first-order chi connectivity index (χ1) is 12.6. The van der Waals surface area contributed by atoms with E-state index in [0.29, 0.717) is 35.8 Å². The molecule has 26 heavy (non-hydrogen) atoms. The average Bonchev–Trinajstić information content (AvgIpc) is 2.68. The molecule has 0 aliphatic carbocycles. The van der Waals surface area contributed by atoms with E-state index in [9.17, 15) is 9.59 Å². The van der Waals surface area contributed by atoms with Crippen LogP contribution in [-0.4, -0.2) is 42.5 Å². The van der Waals surface area contributed by atoms with Crippen molar-refractivity contribution < 1.29 is 19.1 Å². The lowest BCUT2D eigenvalue weighted by Gasteiger charge is -2.26. The molecule has 1 atom stereocenters. The van der Waals surface area contributed by atoms with Gasteiger partial charge in [0.1, 0.15) is 6.61 Å². The van der Waals surface area contributed by atoms with Crippen molar-refractivity contribution in [2.45, 2.75) is 20.0 Å². The Bertz CT molecular complexity index is 802. The summed E-state index contributed by atoms with van der Waals surface area (Å²) in [6.07, 6.45) is -0.776. The van der Waals surface area contributed by atoms with Crippen molar-refractivity contribution in [3.8, 4) is 11.5 Å². The van der Waals surface area contributed by atoms with Crippen LogP contribution in [0.5, 0.6) is 11.5 Å². The van der Waals surface area contributed by atoms with Gasteiger partial charge in [-0.05, 0) is 38.1 Å². The Morgan fingerprint density at radius 1 is 1.04 bits per heavy atom. The van der Waals surface area contributed by atoms with E-state index < -0.39 is 6.10 Å². The molecular weight excluding hydrogens is 332 g/mol. The van der Waals surface area contributed by atoms with Gasteiger partial charge >= 0.3 is 0 Å². The maximum Gasteiger partial charge on any atom is 0.269 e. The Morgan fingerprint density at radius 2 is 1.69 bits per heavy atom. The van der Waals surface area contributed by atoms with Crippen LogP contribution < -0.4 is 14.8 Å². The van der Waals surface area contributed by atoms with E-state index in [2.05, 4.69) is 5.32 Å². The zero-order chi connectivity index (χ0) is 18.5. The van der Waals surface area contributed by atoms with Gasteiger partial charge in [0.05, 0.1) is 11.3 Å². The largest absolute Gasteiger partial charge is 0.485 e. The van der Waals surface area contributed by atoms with Gasteiger partial charge < -0.3 is 19.7 Å². The highest BCUT2D eigenvalue weighted by molar-refractivity contribution is 6.04. The van der Waals surface area contributed by atoms with Crippen LogP contribution in [0.25, 0.3) is 0 Å². The fraction of sp³-hybridized carbons (Fsp3) is 0.300. The van der Waals surface area contributed by atoms with Gasteiger partial charge in [-0.2, -0.15) is 0 Å². The Kier molecular flexibility index (Phi) is 5.41. The van der Waals surface area contributed by atoms with Gasteiger partial charge in [-0.1, -0.05) is 24.3 Å². The smallest absolute Gasteiger partial charge is 0.269 e. The molecule has 1 aliphatic rings. The Hall–Kier alpha value is -3.02. The predicted molar refractivity (Wildman–Crippen MR) is 98.7 cm³/mol. The molecule has 2 aromatic carbocycles. The summed E-state index contributed by atoms with van der Waals surface area (Å²) in [5.74, 6) is 0.691. The number of hydrogen-bond donors (Lipinski definition) is 1. The summed E-state index contributed by atoms with van der Waals surface area (Å²) in [7, 11) is 0. The summed E-state index contributed by atoms with van der Waals surface area (Å²) in [6.45, 7) is 5.18. The number of nitrogens with zero attached hydrogens (tertiary/aromatic N) is 1. The molecule has 6 heteroatoms. The minimum Gasteiger partial charge on any atom is -0.485 e. The third-order valence-corrected chi connectivity index (χ3v) is 4.27. The number of carbonyl (C=O) groups excluding carboxylic acids is 2. The zero-order valence-corrected chi connectivity index (χ0v) is 14.9. The molecule has 0 spiro atoms. The maximum absolute atomic E-state index is 12.7. The average molecular weight is 354 g/mol. The third-order valence-electron chi connectivity index (χ3n) is 4.27. The SMILES string of the molecule is CCN(CC)C(=O)c1ccccc1NC(=O)[C@@H]1COc2ccccc2O1. The molecule has 6 nitrogen and oxygen atoms in total. The van der Waals surface area contributed by atoms with Crippen molar-refractivity contribution in [2.24, 2.45) is 0 Å². The van der Waals surface area contributed by atoms with E-state index in [0.717, 1.165) is 0 Å². The number of amides is 2. The highest BCUT2D eigenvalue weighted by Gasteiger charge is 2.28. The molecule has 3 rings (SSSR count). The number of carbonyl (C=O) groups is 2. The molecule has 0 saturated heterocycles. The summed E-state index contributed by atoms with van der Waals surface area (Å²) in [5, 5.41) is 2.80. The van der Waals surface area contributed by atoms with Gasteiger partial charge in [0.25, 0.3) is 11.8 Å². The second-order valence-electron chi connectivity index (χ2n) is 5.88. The second-order valence-corrected chi connectivity index (χ2v) is 5.88. The molecule has 0 unspecified atom stereocenters. The molecule has 0 radical (unpaired) electrons. The first-order valence-corrected chi connectivity index (χ1v) is 8.71. The molecule has 0 bridgehead atoms. The van der Waals surface area contributed by atoms with Crippen molar-refractivity contribution in [1.82, 2.24) is 4.90 Å². The van der Waals surface area contributed by atoms with Crippen molar-refractivity contribution in [3.05, 3.63) is 54.1 Å². The number of anilines is 1. The van der Waals surface area contributed by atoms with Crippen LogP contribution in [0.1, 0.15) is 24.2 Å². The quantitative estimate of drug-likeness (QED) is 0.896. The molecule has 0 aromatic heterocycles. The molecule has 2 amide bonds. The van der Waals surface area contributed by atoms with E-state index in [4.69, 9.17) is 9.47 Å². The van der Waals surface area contributed by atoms with Gasteiger partial charge in [0, 0.05) is 13.1 Å². The lowest BCUT2D eigenvalue weighted by molar-refractivity contribution is -0.125. The van der Waals surface area contributed by atoms with Gasteiger partial charge in [-0.3, -0.25) is 9.59 Å². The number of rotatable bonds is 5. The number of para-hydroxylation sites is 3. The van der Waals surface area contributed by atoms with Gasteiger partial charge in [-0.25, -0.2) is 0 Å². The predicted octanol–water partition coefficient (Wildman–Crippen LogP) is 2.95. The lowest BCUT2D eigenvalue weighted by atomic mass is 10.1. The van der Waals surface area contributed by atoms with E-state index in [-0.39, 0.29) is 18.4 Å².